The van der Waals surface area contributed by atoms with Crippen LogP contribution in [0.25, 0.3) is 0 Å². The van der Waals surface area contributed by atoms with Crippen molar-refractivity contribution < 1.29 is 14.6 Å². The van der Waals surface area contributed by atoms with Crippen molar-refractivity contribution in [1.29, 1.82) is 0 Å². The number of unbranched alkanes of at least 4 members (excludes halogenated alkanes) is 6. The van der Waals surface area contributed by atoms with Gasteiger partial charge in [0, 0.05) is 12.8 Å². The van der Waals surface area contributed by atoms with Crippen molar-refractivity contribution in [1.82, 2.24) is 0 Å². The van der Waals surface area contributed by atoms with Crippen molar-refractivity contribution in [3.05, 3.63) is 11.6 Å². The van der Waals surface area contributed by atoms with Crippen LogP contribution in [-0.4, -0.2) is 23.3 Å². The zero-order valence-corrected chi connectivity index (χ0v) is 27.2. The molecular weight excluding hydrogens is 492 g/mol. The molecule has 40 heavy (non-hydrogen) atoms. The van der Waals surface area contributed by atoms with Crippen molar-refractivity contribution in [2.24, 2.45) is 46.3 Å². The standard InChI is InChI=1S/C37H64O3/c1-7-8-9-10-11-12-13-14-35(39)40-29-21-23-36(5)28(25-29)16-17-30-32-19-18-31(37(32,6)24-22-33(30)36)27(4)34(38)20-15-26(2)3/h16,26-27,29-34,38H,7-15,17-25H2,1-6H3/t27-,29-,30-,31+,32-,33-,34+,36-,37+/m0/s1. The number of allylic oxidation sites excluding steroid dienone is 1. The third kappa shape index (κ3) is 7.03. The molecule has 0 aromatic rings. The first-order valence-corrected chi connectivity index (χ1v) is 17.7. The lowest BCUT2D eigenvalue weighted by Gasteiger charge is -2.58. The fourth-order valence-electron chi connectivity index (χ4n) is 10.1. The smallest absolute Gasteiger partial charge is 0.306 e. The summed E-state index contributed by atoms with van der Waals surface area (Å²) < 4.78 is 6.05. The van der Waals surface area contributed by atoms with Crippen LogP contribution in [0, 0.1) is 46.3 Å². The summed E-state index contributed by atoms with van der Waals surface area (Å²) in [5, 5.41) is 11.1. The highest BCUT2D eigenvalue weighted by Gasteiger charge is 2.59. The largest absolute Gasteiger partial charge is 0.462 e. The van der Waals surface area contributed by atoms with Crippen molar-refractivity contribution in [2.75, 3.05) is 0 Å². The molecular formula is C37H64O3. The molecule has 4 rings (SSSR count). The number of rotatable bonds is 14. The van der Waals surface area contributed by atoms with E-state index in [2.05, 4.69) is 47.6 Å². The van der Waals surface area contributed by atoms with Crippen LogP contribution in [0.2, 0.25) is 0 Å². The van der Waals surface area contributed by atoms with Crippen molar-refractivity contribution in [3.63, 3.8) is 0 Å². The second kappa shape index (κ2) is 14.1. The summed E-state index contributed by atoms with van der Waals surface area (Å²) in [6.07, 6.45) is 23.6. The van der Waals surface area contributed by atoms with Gasteiger partial charge in [-0.2, -0.15) is 0 Å². The molecule has 3 heteroatoms. The number of esters is 1. The predicted octanol–water partition coefficient (Wildman–Crippen LogP) is 10.1. The minimum absolute atomic E-state index is 0.0339. The number of carbonyl (C=O) groups excluding carboxylic acids is 1. The van der Waals surface area contributed by atoms with Crippen molar-refractivity contribution in [3.8, 4) is 0 Å². The summed E-state index contributed by atoms with van der Waals surface area (Å²) >= 11 is 0. The fourth-order valence-corrected chi connectivity index (χ4v) is 10.1. The van der Waals surface area contributed by atoms with Crippen LogP contribution < -0.4 is 0 Å². The molecule has 0 unspecified atom stereocenters. The minimum atomic E-state index is -0.153. The molecule has 0 heterocycles. The summed E-state index contributed by atoms with van der Waals surface area (Å²) in [4.78, 5) is 12.6. The SMILES string of the molecule is CCCCCCCCCC(=O)O[C@H]1CC[C@@]2(C)C(=CC[C@H]3[C@@H]4CC[C@H]([C@H](C)[C@H](O)CCC(C)C)[C@@]4(C)CC[C@@H]32)C1. The van der Waals surface area contributed by atoms with Gasteiger partial charge in [0.15, 0.2) is 0 Å². The van der Waals surface area contributed by atoms with E-state index in [4.69, 9.17) is 4.74 Å². The molecule has 0 saturated heterocycles. The van der Waals surface area contributed by atoms with E-state index in [1.165, 1.54) is 70.6 Å². The fraction of sp³-hybridized carbons (Fsp3) is 0.919. The Morgan fingerprint density at radius 1 is 0.950 bits per heavy atom. The molecule has 9 atom stereocenters. The second-order valence-corrected chi connectivity index (χ2v) is 15.6. The van der Waals surface area contributed by atoms with Gasteiger partial charge in [0.05, 0.1) is 6.10 Å². The van der Waals surface area contributed by atoms with Gasteiger partial charge >= 0.3 is 5.97 Å². The van der Waals surface area contributed by atoms with E-state index in [0.717, 1.165) is 56.3 Å². The quantitative estimate of drug-likeness (QED) is 0.131. The lowest BCUT2D eigenvalue weighted by atomic mass is 9.47. The van der Waals surface area contributed by atoms with Gasteiger partial charge in [0.2, 0.25) is 0 Å². The molecule has 1 N–H and O–H groups in total. The van der Waals surface area contributed by atoms with E-state index >= 15 is 0 Å². The Morgan fingerprint density at radius 2 is 1.68 bits per heavy atom. The summed E-state index contributed by atoms with van der Waals surface area (Å²) in [6.45, 7) is 14.3. The molecule has 0 aliphatic heterocycles. The van der Waals surface area contributed by atoms with E-state index in [0.29, 0.717) is 29.6 Å². The van der Waals surface area contributed by atoms with Gasteiger partial charge in [-0.1, -0.05) is 91.7 Å². The molecule has 4 aliphatic carbocycles. The maximum atomic E-state index is 12.6. The molecule has 0 aromatic heterocycles. The Hall–Kier alpha value is -0.830. The summed E-state index contributed by atoms with van der Waals surface area (Å²) in [5.41, 5.74) is 2.26. The monoisotopic (exact) mass is 556 g/mol. The summed E-state index contributed by atoms with van der Waals surface area (Å²) in [5.74, 6) is 4.11. The maximum Gasteiger partial charge on any atom is 0.306 e. The number of hydrogen-bond acceptors (Lipinski definition) is 3. The van der Waals surface area contributed by atoms with Crippen LogP contribution in [0.15, 0.2) is 11.6 Å². The lowest BCUT2D eigenvalue weighted by molar-refractivity contribution is -0.151. The zero-order valence-electron chi connectivity index (χ0n) is 27.2. The highest BCUT2D eigenvalue weighted by molar-refractivity contribution is 5.69. The van der Waals surface area contributed by atoms with Crippen LogP contribution in [0.1, 0.15) is 157 Å². The third-order valence-corrected chi connectivity index (χ3v) is 12.7. The van der Waals surface area contributed by atoms with Crippen LogP contribution in [0.5, 0.6) is 0 Å². The second-order valence-electron chi connectivity index (χ2n) is 15.6. The van der Waals surface area contributed by atoms with Crippen LogP contribution in [-0.2, 0) is 9.53 Å². The molecule has 0 amide bonds. The minimum Gasteiger partial charge on any atom is -0.462 e. The highest BCUT2D eigenvalue weighted by atomic mass is 16.5. The first-order valence-electron chi connectivity index (χ1n) is 17.7. The number of hydrogen-bond donors (Lipinski definition) is 1. The van der Waals surface area contributed by atoms with Gasteiger partial charge in [0.25, 0.3) is 0 Å². The van der Waals surface area contributed by atoms with E-state index in [9.17, 15) is 9.90 Å². The first kappa shape index (κ1) is 32.1. The van der Waals surface area contributed by atoms with Gasteiger partial charge in [-0.25, -0.2) is 0 Å². The molecule has 230 valence electrons. The van der Waals surface area contributed by atoms with Gasteiger partial charge < -0.3 is 9.84 Å². The van der Waals surface area contributed by atoms with E-state index < -0.39 is 0 Å². The molecule has 3 saturated carbocycles. The third-order valence-electron chi connectivity index (χ3n) is 12.7. The average molecular weight is 557 g/mol. The van der Waals surface area contributed by atoms with Crippen molar-refractivity contribution in [2.45, 2.75) is 169 Å². The van der Waals surface area contributed by atoms with Crippen LogP contribution in [0.3, 0.4) is 0 Å². The lowest BCUT2D eigenvalue weighted by Crippen LogP contribution is -2.51. The Kier molecular flexibility index (Phi) is 11.3. The number of aliphatic hydroxyl groups is 1. The van der Waals surface area contributed by atoms with E-state index in [1.807, 2.05) is 0 Å². The normalized spacial score (nSPS) is 36.8. The topological polar surface area (TPSA) is 46.5 Å². The van der Waals surface area contributed by atoms with Gasteiger partial charge in [-0.15, -0.1) is 0 Å². The number of aliphatic hydroxyl groups excluding tert-OH is 1. The highest BCUT2D eigenvalue weighted by Crippen LogP contribution is 2.67. The Labute approximate surface area is 247 Å². The van der Waals surface area contributed by atoms with Crippen molar-refractivity contribution >= 4 is 5.97 Å². The molecule has 3 fully saturated rings. The predicted molar refractivity (Wildman–Crippen MR) is 167 cm³/mol. The number of fused-ring (bicyclic) bond motifs is 5. The Balaban J connectivity index is 1.31. The van der Waals surface area contributed by atoms with Crippen LogP contribution in [0.4, 0.5) is 0 Å². The first-order chi connectivity index (χ1) is 19.1. The van der Waals surface area contributed by atoms with Gasteiger partial charge in [0.1, 0.15) is 6.10 Å². The molecule has 4 aliphatic rings. The molecule has 0 aromatic carbocycles. The molecule has 0 radical (unpaired) electrons. The maximum absolute atomic E-state index is 12.6. The average Bonchev–Trinajstić information content (AvgIpc) is 3.28. The summed E-state index contributed by atoms with van der Waals surface area (Å²) in [7, 11) is 0. The summed E-state index contributed by atoms with van der Waals surface area (Å²) in [6, 6.07) is 0. The molecule has 0 spiro atoms. The number of ether oxygens (including phenoxy) is 1. The van der Waals surface area contributed by atoms with Crippen LogP contribution >= 0.6 is 0 Å². The van der Waals surface area contributed by atoms with Gasteiger partial charge in [-0.05, 0) is 111 Å². The zero-order chi connectivity index (χ0) is 28.9. The van der Waals surface area contributed by atoms with E-state index in [1.54, 1.807) is 5.57 Å². The Morgan fingerprint density at radius 3 is 2.40 bits per heavy atom. The molecule has 3 nitrogen and oxygen atoms in total. The number of carbonyl (C=O) groups is 1. The molecule has 0 bridgehead atoms. The van der Waals surface area contributed by atoms with E-state index in [-0.39, 0.29) is 23.6 Å². The van der Waals surface area contributed by atoms with Gasteiger partial charge in [-0.3, -0.25) is 4.79 Å². The Bertz CT molecular complexity index is 846.